The van der Waals surface area contributed by atoms with Gasteiger partial charge in [-0.2, -0.15) is 5.26 Å². The summed E-state index contributed by atoms with van der Waals surface area (Å²) < 4.78 is 11.6. The van der Waals surface area contributed by atoms with Crippen LogP contribution >= 0.6 is 23.4 Å². The van der Waals surface area contributed by atoms with Gasteiger partial charge >= 0.3 is 0 Å². The van der Waals surface area contributed by atoms with E-state index in [2.05, 4.69) is 6.07 Å². The Labute approximate surface area is 223 Å². The summed E-state index contributed by atoms with van der Waals surface area (Å²) in [4.78, 5) is 39.1. The van der Waals surface area contributed by atoms with Crippen LogP contribution in [0.15, 0.2) is 71.6 Å². The Morgan fingerprint density at radius 2 is 1.81 bits per heavy atom. The first-order chi connectivity index (χ1) is 17.9. The number of ether oxygens (including phenoxy) is 2. The van der Waals surface area contributed by atoms with E-state index >= 15 is 0 Å². The third-order valence-electron chi connectivity index (χ3n) is 5.43. The molecule has 3 aromatic carbocycles. The molecular weight excluding hydrogens is 512 g/mol. The minimum atomic E-state index is -0.538. The molecule has 0 N–H and O–H groups in total. The number of ketones is 1. The Balaban J connectivity index is 1.49. The van der Waals surface area contributed by atoms with Gasteiger partial charge in [-0.3, -0.25) is 19.3 Å². The average Bonchev–Trinajstić information content (AvgIpc) is 3.16. The number of nitrogens with zero attached hydrogens (tertiary/aromatic N) is 2. The summed E-state index contributed by atoms with van der Waals surface area (Å²) >= 11 is 6.63. The Morgan fingerprint density at radius 3 is 2.54 bits per heavy atom. The molecule has 2 amide bonds. The number of nitriles is 1. The molecule has 1 saturated heterocycles. The topological polar surface area (TPSA) is 96.7 Å². The second kappa shape index (κ2) is 11.8. The average molecular weight is 533 g/mol. The van der Waals surface area contributed by atoms with Gasteiger partial charge in [0.1, 0.15) is 6.61 Å². The maximum Gasteiger partial charge on any atom is 0.293 e. The van der Waals surface area contributed by atoms with Gasteiger partial charge in [-0.25, -0.2) is 0 Å². The lowest BCUT2D eigenvalue weighted by atomic mass is 10.1. The first kappa shape index (κ1) is 26.0. The molecule has 0 unspecified atom stereocenters. The van der Waals surface area contributed by atoms with Crippen LogP contribution in [0.4, 0.5) is 4.79 Å². The standard InChI is InChI=1S/C28H21ClN2O5S/c1-2-35-25-13-18(7-12-24(25)36-17-21-6-4-3-5-20(21)15-30)14-26-27(33)31(28(34)37-26)16-23(32)19-8-10-22(29)11-9-19/h3-14H,2,16-17H2,1H3/b26-14+. The predicted octanol–water partition coefficient (Wildman–Crippen LogP) is 6.11. The number of imide groups is 1. The van der Waals surface area contributed by atoms with Crippen LogP contribution in [0.5, 0.6) is 11.5 Å². The van der Waals surface area contributed by atoms with E-state index in [-0.39, 0.29) is 23.8 Å². The highest BCUT2D eigenvalue weighted by atomic mass is 35.5. The lowest BCUT2D eigenvalue weighted by Crippen LogP contribution is -2.33. The fourth-order valence-electron chi connectivity index (χ4n) is 3.57. The van der Waals surface area contributed by atoms with Crippen LogP contribution in [-0.4, -0.2) is 35.0 Å². The van der Waals surface area contributed by atoms with Crippen LogP contribution < -0.4 is 9.47 Å². The molecule has 0 atom stereocenters. The molecule has 0 aromatic heterocycles. The summed E-state index contributed by atoms with van der Waals surface area (Å²) in [7, 11) is 0. The SMILES string of the molecule is CCOc1cc(/C=C2/SC(=O)N(CC(=O)c3ccc(Cl)cc3)C2=O)ccc1OCc1ccccc1C#N. The molecule has 0 bridgehead atoms. The molecule has 1 fully saturated rings. The second-order valence-electron chi connectivity index (χ2n) is 7.89. The zero-order chi connectivity index (χ0) is 26.4. The number of Topliss-reactive ketones (excluding diaryl/α,β-unsaturated/α-hetero) is 1. The molecule has 0 saturated carbocycles. The van der Waals surface area contributed by atoms with Crippen molar-refractivity contribution in [1.29, 1.82) is 5.26 Å². The summed E-state index contributed by atoms with van der Waals surface area (Å²) in [5.41, 5.74) is 2.27. The van der Waals surface area contributed by atoms with Gasteiger partial charge < -0.3 is 9.47 Å². The molecular formula is C28H21ClN2O5S. The smallest absolute Gasteiger partial charge is 0.293 e. The molecule has 3 aromatic rings. The molecule has 37 heavy (non-hydrogen) atoms. The maximum atomic E-state index is 12.9. The van der Waals surface area contributed by atoms with Gasteiger partial charge in [0.15, 0.2) is 17.3 Å². The quantitative estimate of drug-likeness (QED) is 0.242. The Bertz CT molecular complexity index is 1430. The Morgan fingerprint density at radius 1 is 1.05 bits per heavy atom. The lowest BCUT2D eigenvalue weighted by Gasteiger charge is -2.13. The van der Waals surface area contributed by atoms with E-state index in [0.29, 0.717) is 39.8 Å². The molecule has 0 aliphatic carbocycles. The Kier molecular flexibility index (Phi) is 8.29. The molecule has 4 rings (SSSR count). The second-order valence-corrected chi connectivity index (χ2v) is 9.32. The molecule has 0 radical (unpaired) electrons. The lowest BCUT2D eigenvalue weighted by molar-refractivity contribution is -0.122. The van der Waals surface area contributed by atoms with Crippen LogP contribution in [0, 0.1) is 11.3 Å². The van der Waals surface area contributed by atoms with Gasteiger partial charge in [-0.15, -0.1) is 0 Å². The van der Waals surface area contributed by atoms with Crippen LogP contribution in [-0.2, 0) is 11.4 Å². The largest absolute Gasteiger partial charge is 0.490 e. The number of hydrogen-bond acceptors (Lipinski definition) is 7. The van der Waals surface area contributed by atoms with E-state index in [1.807, 2.05) is 19.1 Å². The van der Waals surface area contributed by atoms with E-state index in [4.69, 9.17) is 21.1 Å². The van der Waals surface area contributed by atoms with Crippen molar-refractivity contribution >= 4 is 46.4 Å². The van der Waals surface area contributed by atoms with Crippen molar-refractivity contribution in [3.05, 3.63) is 98.9 Å². The van der Waals surface area contributed by atoms with Crippen molar-refractivity contribution in [3.8, 4) is 17.6 Å². The van der Waals surface area contributed by atoms with Crippen molar-refractivity contribution < 1.29 is 23.9 Å². The fraction of sp³-hybridized carbons (Fsp3) is 0.143. The van der Waals surface area contributed by atoms with Gasteiger partial charge in [0.05, 0.1) is 29.7 Å². The number of thioether (sulfide) groups is 1. The van der Waals surface area contributed by atoms with E-state index in [0.717, 1.165) is 22.2 Å². The zero-order valence-electron chi connectivity index (χ0n) is 19.8. The summed E-state index contributed by atoms with van der Waals surface area (Å²) in [6.45, 7) is 2.05. The highest BCUT2D eigenvalue weighted by Crippen LogP contribution is 2.35. The van der Waals surface area contributed by atoms with Crippen molar-refractivity contribution in [2.45, 2.75) is 13.5 Å². The molecule has 186 valence electrons. The number of rotatable bonds is 9. The number of benzene rings is 3. The van der Waals surface area contributed by atoms with Gasteiger partial charge in [0, 0.05) is 16.1 Å². The van der Waals surface area contributed by atoms with E-state index in [1.165, 1.54) is 0 Å². The molecule has 1 aliphatic heterocycles. The number of hydrogen-bond donors (Lipinski definition) is 0. The number of carbonyl (C=O) groups is 3. The highest BCUT2D eigenvalue weighted by Gasteiger charge is 2.36. The van der Waals surface area contributed by atoms with Crippen molar-refractivity contribution in [1.82, 2.24) is 4.90 Å². The first-order valence-electron chi connectivity index (χ1n) is 11.3. The summed E-state index contributed by atoms with van der Waals surface area (Å²) in [6.07, 6.45) is 1.58. The molecule has 0 spiro atoms. The van der Waals surface area contributed by atoms with Gasteiger partial charge in [-0.1, -0.05) is 35.9 Å². The minimum absolute atomic E-state index is 0.184. The molecule has 1 heterocycles. The van der Waals surface area contributed by atoms with Gasteiger partial charge in [0.2, 0.25) is 0 Å². The highest BCUT2D eigenvalue weighted by molar-refractivity contribution is 8.18. The summed E-state index contributed by atoms with van der Waals surface area (Å²) in [6, 6.07) is 20.7. The van der Waals surface area contributed by atoms with E-state index in [1.54, 1.807) is 60.7 Å². The normalized spacial score (nSPS) is 14.1. The maximum absolute atomic E-state index is 12.9. The van der Waals surface area contributed by atoms with Crippen LogP contribution in [0.25, 0.3) is 6.08 Å². The van der Waals surface area contributed by atoms with Crippen LogP contribution in [0.1, 0.15) is 34.0 Å². The third-order valence-corrected chi connectivity index (χ3v) is 6.59. The fourth-order valence-corrected chi connectivity index (χ4v) is 4.54. The van der Waals surface area contributed by atoms with E-state index < -0.39 is 11.1 Å². The van der Waals surface area contributed by atoms with Crippen molar-refractivity contribution in [2.75, 3.05) is 13.2 Å². The third kappa shape index (κ3) is 6.20. The van der Waals surface area contributed by atoms with Gasteiger partial charge in [-0.05, 0) is 72.8 Å². The molecule has 9 heteroatoms. The van der Waals surface area contributed by atoms with E-state index in [9.17, 15) is 19.6 Å². The zero-order valence-corrected chi connectivity index (χ0v) is 21.3. The predicted molar refractivity (Wildman–Crippen MR) is 142 cm³/mol. The van der Waals surface area contributed by atoms with Crippen LogP contribution in [0.2, 0.25) is 5.02 Å². The molecule has 1 aliphatic rings. The summed E-state index contributed by atoms with van der Waals surface area (Å²) in [5, 5.41) is 9.26. The number of amides is 2. The monoisotopic (exact) mass is 532 g/mol. The minimum Gasteiger partial charge on any atom is -0.490 e. The van der Waals surface area contributed by atoms with Crippen LogP contribution in [0.3, 0.4) is 0 Å². The molecule has 7 nitrogen and oxygen atoms in total. The van der Waals surface area contributed by atoms with Crippen molar-refractivity contribution in [3.63, 3.8) is 0 Å². The number of carbonyl (C=O) groups excluding carboxylic acids is 3. The van der Waals surface area contributed by atoms with Gasteiger partial charge in [0.25, 0.3) is 11.1 Å². The van der Waals surface area contributed by atoms with Crippen molar-refractivity contribution in [2.24, 2.45) is 0 Å². The first-order valence-corrected chi connectivity index (χ1v) is 12.5. The Hall–Kier alpha value is -4.06. The summed E-state index contributed by atoms with van der Waals surface area (Å²) in [5.74, 6) is 0.0401. The number of halogens is 1.